The highest BCUT2D eigenvalue weighted by molar-refractivity contribution is 4.90. The van der Waals surface area contributed by atoms with Crippen molar-refractivity contribution in [1.29, 1.82) is 0 Å². The van der Waals surface area contributed by atoms with Crippen LogP contribution in [-0.2, 0) is 9.47 Å². The van der Waals surface area contributed by atoms with Crippen molar-refractivity contribution in [2.75, 3.05) is 13.2 Å². The van der Waals surface area contributed by atoms with Crippen LogP contribution in [0.4, 0.5) is 0 Å². The molecule has 2 aliphatic rings. The van der Waals surface area contributed by atoms with Crippen molar-refractivity contribution in [3.8, 4) is 0 Å². The molecule has 0 aromatic heterocycles. The lowest BCUT2D eigenvalue weighted by Crippen LogP contribution is -2.32. The molecule has 0 aromatic rings. The van der Waals surface area contributed by atoms with Crippen molar-refractivity contribution >= 4 is 0 Å². The number of aliphatic hydroxyl groups excluding tert-OH is 2. The normalized spacial score (nSPS) is 34.4. The zero-order valence-electron chi connectivity index (χ0n) is 14.3. The molecule has 2 fully saturated rings. The van der Waals surface area contributed by atoms with Crippen molar-refractivity contribution < 1.29 is 19.7 Å². The van der Waals surface area contributed by atoms with Crippen molar-refractivity contribution in [2.45, 2.75) is 89.6 Å². The van der Waals surface area contributed by atoms with Gasteiger partial charge in [0.15, 0.2) is 5.79 Å². The van der Waals surface area contributed by atoms with Gasteiger partial charge in [-0.25, -0.2) is 0 Å². The first-order valence-electron chi connectivity index (χ1n) is 9.22. The molecule has 130 valence electrons. The van der Waals surface area contributed by atoms with Crippen LogP contribution in [0.3, 0.4) is 0 Å². The maximum atomic E-state index is 10.1. The lowest BCUT2D eigenvalue weighted by atomic mass is 9.88. The van der Waals surface area contributed by atoms with E-state index in [0.29, 0.717) is 19.6 Å². The summed E-state index contributed by atoms with van der Waals surface area (Å²) in [5.74, 6) is -0.100. The molecule has 0 radical (unpaired) electrons. The average Bonchev–Trinajstić information content (AvgIpc) is 3.04. The summed E-state index contributed by atoms with van der Waals surface area (Å²) in [5.41, 5.74) is 0. The Labute approximate surface area is 135 Å². The van der Waals surface area contributed by atoms with E-state index in [-0.39, 0.29) is 24.0 Å². The minimum Gasteiger partial charge on any atom is -0.393 e. The van der Waals surface area contributed by atoms with E-state index in [4.69, 9.17) is 9.47 Å². The number of hydrogen-bond acceptors (Lipinski definition) is 4. The molecule has 1 aliphatic carbocycles. The molecule has 4 nitrogen and oxygen atoms in total. The fourth-order valence-corrected chi connectivity index (χ4v) is 4.02. The minimum atomic E-state index is -0.431. The van der Waals surface area contributed by atoms with Gasteiger partial charge >= 0.3 is 0 Å². The molecule has 4 atom stereocenters. The van der Waals surface area contributed by atoms with Gasteiger partial charge in [-0.1, -0.05) is 39.5 Å². The van der Waals surface area contributed by atoms with Crippen LogP contribution < -0.4 is 0 Å². The molecule has 22 heavy (non-hydrogen) atoms. The largest absolute Gasteiger partial charge is 0.393 e. The molecule has 1 saturated carbocycles. The summed E-state index contributed by atoms with van der Waals surface area (Å²) in [6.07, 6.45) is 8.66. The Balaban J connectivity index is 1.78. The number of rotatable bonds is 9. The topological polar surface area (TPSA) is 58.9 Å². The Morgan fingerprint density at radius 1 is 0.955 bits per heavy atom. The van der Waals surface area contributed by atoms with Crippen LogP contribution in [0.1, 0.15) is 71.6 Å². The molecule has 4 heteroatoms. The van der Waals surface area contributed by atoms with Crippen LogP contribution in [0.25, 0.3) is 0 Å². The molecule has 0 bridgehead atoms. The molecule has 2 N–H and O–H groups in total. The van der Waals surface area contributed by atoms with Gasteiger partial charge in [-0.2, -0.15) is 0 Å². The SMILES string of the molecule is CCCCCCCC1(CC[C@H]2[C@H](O)CC(O)[C@@H]2C)OCCO1. The summed E-state index contributed by atoms with van der Waals surface area (Å²) in [7, 11) is 0. The van der Waals surface area contributed by atoms with E-state index < -0.39 is 5.79 Å². The van der Waals surface area contributed by atoms with Gasteiger partial charge in [-0.05, 0) is 31.1 Å². The van der Waals surface area contributed by atoms with Crippen LogP contribution in [0.5, 0.6) is 0 Å². The summed E-state index contributed by atoms with van der Waals surface area (Å²) < 4.78 is 11.9. The van der Waals surface area contributed by atoms with Gasteiger partial charge in [-0.15, -0.1) is 0 Å². The monoisotopic (exact) mass is 314 g/mol. The molecule has 1 heterocycles. The van der Waals surface area contributed by atoms with Gasteiger partial charge in [0.05, 0.1) is 25.4 Å². The van der Waals surface area contributed by atoms with Gasteiger partial charge in [-0.3, -0.25) is 0 Å². The molecule has 0 spiro atoms. The van der Waals surface area contributed by atoms with Crippen LogP contribution >= 0.6 is 0 Å². The van der Waals surface area contributed by atoms with Crippen molar-refractivity contribution in [2.24, 2.45) is 11.8 Å². The predicted octanol–water partition coefficient (Wildman–Crippen LogP) is 3.25. The number of hydrogen-bond donors (Lipinski definition) is 2. The van der Waals surface area contributed by atoms with Crippen LogP contribution in [0.2, 0.25) is 0 Å². The second-order valence-electron chi connectivity index (χ2n) is 7.20. The smallest absolute Gasteiger partial charge is 0.168 e. The van der Waals surface area contributed by atoms with Gasteiger partial charge < -0.3 is 19.7 Å². The van der Waals surface area contributed by atoms with Crippen LogP contribution in [0, 0.1) is 11.8 Å². The third kappa shape index (κ3) is 4.67. The average molecular weight is 314 g/mol. The quantitative estimate of drug-likeness (QED) is 0.641. The zero-order chi connectivity index (χ0) is 16.0. The zero-order valence-corrected chi connectivity index (χ0v) is 14.3. The van der Waals surface area contributed by atoms with Crippen LogP contribution in [-0.4, -0.2) is 41.4 Å². The molecule has 1 unspecified atom stereocenters. The van der Waals surface area contributed by atoms with E-state index >= 15 is 0 Å². The van der Waals surface area contributed by atoms with Gasteiger partial charge in [0.1, 0.15) is 0 Å². The fourth-order valence-electron chi connectivity index (χ4n) is 4.02. The summed E-state index contributed by atoms with van der Waals surface area (Å²) in [6.45, 7) is 5.63. The Bertz CT molecular complexity index is 314. The molecular weight excluding hydrogens is 280 g/mol. The molecule has 0 amide bonds. The summed E-state index contributed by atoms with van der Waals surface area (Å²) in [6, 6.07) is 0. The summed E-state index contributed by atoms with van der Waals surface area (Å²) >= 11 is 0. The Hall–Kier alpha value is -0.160. The van der Waals surface area contributed by atoms with Crippen molar-refractivity contribution in [1.82, 2.24) is 0 Å². The second-order valence-corrected chi connectivity index (χ2v) is 7.20. The highest BCUT2D eigenvalue weighted by Gasteiger charge is 2.42. The molecule has 1 saturated heterocycles. The Morgan fingerprint density at radius 3 is 2.23 bits per heavy atom. The minimum absolute atomic E-state index is 0.165. The number of unbranched alkanes of at least 4 members (excludes halogenated alkanes) is 4. The lowest BCUT2D eigenvalue weighted by molar-refractivity contribution is -0.171. The first-order chi connectivity index (χ1) is 10.6. The molecule has 0 aromatic carbocycles. The molecular formula is C18H34O4. The Morgan fingerprint density at radius 2 is 1.64 bits per heavy atom. The standard InChI is InChI=1S/C18H34O4/c1-3-4-5-6-7-9-18(21-11-12-22-18)10-8-15-14(2)16(19)13-17(15)20/h14-17,19-20H,3-13H2,1-2H3/t14-,15-,16?,17-/m1/s1. The second kappa shape index (κ2) is 8.62. The van der Waals surface area contributed by atoms with Crippen molar-refractivity contribution in [3.05, 3.63) is 0 Å². The highest BCUT2D eigenvalue weighted by Crippen LogP contribution is 2.39. The molecule has 1 aliphatic heterocycles. The predicted molar refractivity (Wildman–Crippen MR) is 86.5 cm³/mol. The summed E-state index contributed by atoms with van der Waals surface area (Å²) in [5, 5.41) is 20.0. The maximum Gasteiger partial charge on any atom is 0.168 e. The highest BCUT2D eigenvalue weighted by atomic mass is 16.7. The summed E-state index contributed by atoms with van der Waals surface area (Å²) in [4.78, 5) is 0. The van der Waals surface area contributed by atoms with E-state index in [1.54, 1.807) is 0 Å². The van der Waals surface area contributed by atoms with Crippen molar-refractivity contribution in [3.63, 3.8) is 0 Å². The Kier molecular flexibility index (Phi) is 7.13. The van der Waals surface area contributed by atoms with E-state index in [1.165, 1.54) is 25.7 Å². The maximum absolute atomic E-state index is 10.1. The van der Waals surface area contributed by atoms with E-state index in [1.807, 2.05) is 6.92 Å². The number of aliphatic hydroxyl groups is 2. The van der Waals surface area contributed by atoms with Gasteiger partial charge in [0.25, 0.3) is 0 Å². The van der Waals surface area contributed by atoms with E-state index in [0.717, 1.165) is 25.7 Å². The third-order valence-corrected chi connectivity index (χ3v) is 5.59. The third-order valence-electron chi connectivity index (χ3n) is 5.59. The van der Waals surface area contributed by atoms with E-state index in [2.05, 4.69) is 6.92 Å². The van der Waals surface area contributed by atoms with Gasteiger partial charge in [0.2, 0.25) is 0 Å². The van der Waals surface area contributed by atoms with E-state index in [9.17, 15) is 10.2 Å². The number of ether oxygens (including phenoxy) is 2. The first kappa shape index (κ1) is 18.2. The van der Waals surface area contributed by atoms with Gasteiger partial charge in [0, 0.05) is 12.8 Å². The van der Waals surface area contributed by atoms with Crippen LogP contribution in [0.15, 0.2) is 0 Å². The fraction of sp³-hybridized carbons (Fsp3) is 1.00. The molecule has 2 rings (SSSR count). The lowest BCUT2D eigenvalue weighted by Gasteiger charge is -2.30. The first-order valence-corrected chi connectivity index (χ1v) is 9.22.